The number of aliphatic hydroxyl groups is 1. The van der Waals surface area contributed by atoms with Gasteiger partial charge in [-0.2, -0.15) is 26.3 Å². The van der Waals surface area contributed by atoms with Gasteiger partial charge in [-0.3, -0.25) is 9.36 Å². The maximum Gasteiger partial charge on any atom is 0.430 e. The van der Waals surface area contributed by atoms with Crippen molar-refractivity contribution < 1.29 is 31.4 Å². The van der Waals surface area contributed by atoms with E-state index in [9.17, 15) is 36.2 Å². The van der Waals surface area contributed by atoms with Crippen molar-refractivity contribution in [2.75, 3.05) is 0 Å². The van der Waals surface area contributed by atoms with Crippen molar-refractivity contribution >= 4 is 10.9 Å². The Kier molecular flexibility index (Phi) is 5.72. The van der Waals surface area contributed by atoms with Gasteiger partial charge in [-0.1, -0.05) is 54.6 Å². The fourth-order valence-corrected chi connectivity index (χ4v) is 3.70. The largest absolute Gasteiger partial charge is 0.430 e. The second-order valence-electron chi connectivity index (χ2n) is 7.60. The Hall–Kier alpha value is -3.66. The third-order valence-corrected chi connectivity index (χ3v) is 5.39. The molecule has 1 N–H and O–H groups in total. The van der Waals surface area contributed by atoms with Crippen LogP contribution in [0, 0.1) is 0 Å². The highest BCUT2D eigenvalue weighted by atomic mass is 19.4. The molecule has 0 atom stereocenters. The molecule has 4 nitrogen and oxygen atoms in total. The molecule has 0 aliphatic carbocycles. The number of aromatic nitrogens is 2. The van der Waals surface area contributed by atoms with E-state index in [0.29, 0.717) is 17.6 Å². The van der Waals surface area contributed by atoms with Crippen LogP contribution in [0.4, 0.5) is 26.3 Å². The Bertz CT molecular complexity index is 1380. The van der Waals surface area contributed by atoms with Gasteiger partial charge in [0, 0.05) is 12.0 Å². The second kappa shape index (κ2) is 8.28. The van der Waals surface area contributed by atoms with Crippen LogP contribution in [0.5, 0.6) is 0 Å². The maximum atomic E-state index is 13.4. The summed E-state index contributed by atoms with van der Waals surface area (Å²) in [6.45, 7) is 0. The first-order chi connectivity index (χ1) is 15.9. The third-order valence-electron chi connectivity index (χ3n) is 5.39. The summed E-state index contributed by atoms with van der Waals surface area (Å²) in [6.07, 6.45) is -12.0. The molecule has 0 aliphatic rings. The van der Waals surface area contributed by atoms with Crippen LogP contribution in [0.3, 0.4) is 0 Å². The summed E-state index contributed by atoms with van der Waals surface area (Å²) in [5, 5.41) is 9.95. The summed E-state index contributed by atoms with van der Waals surface area (Å²) >= 11 is 0. The summed E-state index contributed by atoms with van der Waals surface area (Å²) in [5.41, 5.74) is -6.50. The standard InChI is InChI=1S/C24H16F6N2O2/c25-23(26,27)22(34,24(28,29)30)16-9-6-10-17(14-16)32-20(13-15-7-2-1-3-8-15)31-19-12-5-4-11-18(19)21(32)33/h1-12,14,34H,13H2. The van der Waals surface area contributed by atoms with Gasteiger partial charge in [-0.15, -0.1) is 0 Å². The van der Waals surface area contributed by atoms with Gasteiger partial charge in [0.05, 0.1) is 16.6 Å². The zero-order valence-electron chi connectivity index (χ0n) is 17.2. The number of alkyl halides is 6. The number of nitrogens with zero attached hydrogens (tertiary/aromatic N) is 2. The Morgan fingerprint density at radius 2 is 1.41 bits per heavy atom. The summed E-state index contributed by atoms with van der Waals surface area (Å²) in [4.78, 5) is 17.8. The zero-order valence-corrected chi connectivity index (χ0v) is 17.2. The van der Waals surface area contributed by atoms with E-state index in [2.05, 4.69) is 4.98 Å². The van der Waals surface area contributed by atoms with Crippen LogP contribution >= 0.6 is 0 Å². The molecular formula is C24H16F6N2O2. The third kappa shape index (κ3) is 3.94. The Morgan fingerprint density at radius 3 is 2.06 bits per heavy atom. The lowest BCUT2D eigenvalue weighted by atomic mass is 9.92. The van der Waals surface area contributed by atoms with Gasteiger partial charge in [0.1, 0.15) is 5.82 Å². The first-order valence-electron chi connectivity index (χ1n) is 9.95. The number of hydrogen-bond donors (Lipinski definition) is 1. The Balaban J connectivity index is 1.98. The van der Waals surface area contributed by atoms with E-state index in [1.165, 1.54) is 12.1 Å². The van der Waals surface area contributed by atoms with Crippen LogP contribution in [0.1, 0.15) is 17.0 Å². The predicted octanol–water partition coefficient (Wildman–Crippen LogP) is 5.29. The number of benzene rings is 3. The second-order valence-corrected chi connectivity index (χ2v) is 7.60. The molecular weight excluding hydrogens is 462 g/mol. The molecule has 4 aromatic rings. The van der Waals surface area contributed by atoms with E-state index in [4.69, 9.17) is 0 Å². The van der Waals surface area contributed by atoms with Crippen molar-refractivity contribution in [1.29, 1.82) is 0 Å². The minimum Gasteiger partial charge on any atom is -0.369 e. The van der Waals surface area contributed by atoms with E-state index in [-0.39, 0.29) is 23.3 Å². The van der Waals surface area contributed by atoms with E-state index >= 15 is 0 Å². The van der Waals surface area contributed by atoms with E-state index in [1.807, 2.05) is 0 Å². The fraction of sp³-hybridized carbons (Fsp3) is 0.167. The summed E-state index contributed by atoms with van der Waals surface area (Å²) < 4.78 is 81.5. The smallest absolute Gasteiger partial charge is 0.369 e. The molecule has 0 saturated heterocycles. The molecule has 0 radical (unpaired) electrons. The molecule has 1 aromatic heterocycles. The molecule has 0 unspecified atom stereocenters. The monoisotopic (exact) mass is 478 g/mol. The van der Waals surface area contributed by atoms with Gasteiger partial charge in [0.25, 0.3) is 11.2 Å². The normalized spacial score (nSPS) is 12.8. The van der Waals surface area contributed by atoms with Crippen molar-refractivity contribution in [3.63, 3.8) is 0 Å². The molecule has 0 spiro atoms. The highest BCUT2D eigenvalue weighted by Crippen LogP contribution is 2.50. The molecule has 176 valence electrons. The summed E-state index contributed by atoms with van der Waals surface area (Å²) in [6, 6.07) is 18.1. The molecule has 0 bridgehead atoms. The lowest BCUT2D eigenvalue weighted by Crippen LogP contribution is -2.54. The Labute approximate surface area is 188 Å². The van der Waals surface area contributed by atoms with Crippen molar-refractivity contribution in [1.82, 2.24) is 9.55 Å². The minimum atomic E-state index is -6.05. The molecule has 3 aromatic carbocycles. The van der Waals surface area contributed by atoms with E-state index < -0.39 is 29.1 Å². The van der Waals surface area contributed by atoms with Gasteiger partial charge in [0.2, 0.25) is 0 Å². The molecule has 1 heterocycles. The van der Waals surface area contributed by atoms with E-state index in [1.54, 1.807) is 48.5 Å². The van der Waals surface area contributed by atoms with Crippen LogP contribution in [0.2, 0.25) is 0 Å². The lowest BCUT2D eigenvalue weighted by Gasteiger charge is -2.33. The average molecular weight is 478 g/mol. The number of hydrogen-bond acceptors (Lipinski definition) is 3. The van der Waals surface area contributed by atoms with Gasteiger partial charge in [-0.05, 0) is 29.8 Å². The van der Waals surface area contributed by atoms with Crippen LogP contribution in [-0.2, 0) is 12.0 Å². The lowest BCUT2D eigenvalue weighted by molar-refractivity contribution is -0.376. The van der Waals surface area contributed by atoms with Crippen molar-refractivity contribution in [3.05, 3.63) is 106 Å². The molecule has 0 amide bonds. The molecule has 0 fully saturated rings. The highest BCUT2D eigenvalue weighted by Gasteiger charge is 2.71. The van der Waals surface area contributed by atoms with Crippen molar-refractivity contribution in [3.8, 4) is 5.69 Å². The SMILES string of the molecule is O=c1c2ccccc2nc(Cc2ccccc2)n1-c1cccc(C(O)(C(F)(F)F)C(F)(F)F)c1. The molecule has 34 heavy (non-hydrogen) atoms. The zero-order chi connectivity index (χ0) is 24.7. The highest BCUT2D eigenvalue weighted by molar-refractivity contribution is 5.77. The van der Waals surface area contributed by atoms with Crippen molar-refractivity contribution in [2.24, 2.45) is 0 Å². The molecule has 10 heteroatoms. The maximum absolute atomic E-state index is 13.4. The first-order valence-corrected chi connectivity index (χ1v) is 9.95. The first kappa shape index (κ1) is 23.5. The molecule has 0 aliphatic heterocycles. The number of rotatable bonds is 4. The summed E-state index contributed by atoms with van der Waals surface area (Å²) in [7, 11) is 0. The van der Waals surface area contributed by atoms with Gasteiger partial charge in [0.15, 0.2) is 0 Å². The van der Waals surface area contributed by atoms with Crippen LogP contribution in [0.15, 0.2) is 83.7 Å². The fourth-order valence-electron chi connectivity index (χ4n) is 3.70. The number of fused-ring (bicyclic) bond motifs is 1. The number of halogens is 6. The van der Waals surface area contributed by atoms with Crippen LogP contribution in [-0.4, -0.2) is 27.0 Å². The van der Waals surface area contributed by atoms with Crippen LogP contribution < -0.4 is 5.56 Å². The topological polar surface area (TPSA) is 55.1 Å². The van der Waals surface area contributed by atoms with Crippen LogP contribution in [0.25, 0.3) is 16.6 Å². The Morgan fingerprint density at radius 1 is 0.794 bits per heavy atom. The number of para-hydroxylation sites is 1. The minimum absolute atomic E-state index is 0.0773. The van der Waals surface area contributed by atoms with Crippen molar-refractivity contribution in [2.45, 2.75) is 24.4 Å². The van der Waals surface area contributed by atoms with E-state index in [0.717, 1.165) is 16.2 Å². The summed E-state index contributed by atoms with van der Waals surface area (Å²) in [5.74, 6) is 0.106. The molecule has 4 rings (SSSR count). The molecule has 0 saturated carbocycles. The van der Waals surface area contributed by atoms with Gasteiger partial charge >= 0.3 is 12.4 Å². The van der Waals surface area contributed by atoms with Gasteiger partial charge in [-0.25, -0.2) is 4.98 Å². The van der Waals surface area contributed by atoms with Gasteiger partial charge < -0.3 is 5.11 Å². The predicted molar refractivity (Wildman–Crippen MR) is 113 cm³/mol. The average Bonchev–Trinajstić information content (AvgIpc) is 2.78. The quantitative estimate of drug-likeness (QED) is 0.406.